The van der Waals surface area contributed by atoms with Crippen molar-refractivity contribution in [2.75, 3.05) is 35.9 Å². The summed E-state index contributed by atoms with van der Waals surface area (Å²) in [6.07, 6.45) is 2.99. The van der Waals surface area contributed by atoms with Gasteiger partial charge in [-0.05, 0) is 72.3 Å². The lowest BCUT2D eigenvalue weighted by Gasteiger charge is -2.30. The van der Waals surface area contributed by atoms with Gasteiger partial charge in [-0.15, -0.1) is 5.11 Å². The molecule has 0 aromatic heterocycles. The number of benzene rings is 5. The van der Waals surface area contributed by atoms with Crippen molar-refractivity contribution in [3.63, 3.8) is 0 Å². The number of hydrogen-bond donors (Lipinski definition) is 3. The van der Waals surface area contributed by atoms with E-state index >= 15 is 0 Å². The zero-order valence-corrected chi connectivity index (χ0v) is 29.9. The number of nitrogens with one attached hydrogen (secondary N) is 1. The lowest BCUT2D eigenvalue weighted by Crippen LogP contribution is -2.37. The molecule has 0 unspecified atom stereocenters. The fourth-order valence-electron chi connectivity index (χ4n) is 5.42. The maximum Gasteiger partial charge on any atom is 0.324 e. The molecule has 17 heteroatoms. The molecule has 0 saturated carbocycles. The molecule has 0 spiro atoms. The number of ether oxygens (including phenoxy) is 2. The SMILES string of the molecule is COc1ccc(S(=O)(=O)N(CC(N=N)=NN)c2cc(/C=C\c3ccc(F)cc3)c(N(CC(=O)O)S(=O)(=O)c3ccc(OC)cc3)c3ccccc23)cc1. The molecular formula is C36H33FN6O8S2. The third kappa shape index (κ3) is 8.10. The van der Waals surface area contributed by atoms with Gasteiger partial charge in [0.15, 0.2) is 5.84 Å². The van der Waals surface area contributed by atoms with Crippen molar-refractivity contribution in [1.29, 1.82) is 5.53 Å². The van der Waals surface area contributed by atoms with Gasteiger partial charge in [0.2, 0.25) is 0 Å². The molecule has 0 atom stereocenters. The number of carbonyl (C=O) groups is 1. The van der Waals surface area contributed by atoms with E-state index in [1.807, 2.05) is 0 Å². The topological polar surface area (TPSA) is 205 Å². The van der Waals surface area contributed by atoms with Crippen LogP contribution in [0.1, 0.15) is 11.1 Å². The van der Waals surface area contributed by atoms with Crippen LogP contribution in [-0.2, 0) is 24.8 Å². The number of hydrazone groups is 1. The number of aliphatic carboxylic acids is 1. The van der Waals surface area contributed by atoms with E-state index in [2.05, 4.69) is 10.2 Å². The van der Waals surface area contributed by atoms with Gasteiger partial charge in [-0.3, -0.25) is 13.4 Å². The van der Waals surface area contributed by atoms with Crippen LogP contribution in [0.5, 0.6) is 11.5 Å². The highest BCUT2D eigenvalue weighted by atomic mass is 32.2. The molecule has 53 heavy (non-hydrogen) atoms. The summed E-state index contributed by atoms with van der Waals surface area (Å²) in [4.78, 5) is 12.0. The van der Waals surface area contributed by atoms with Crippen LogP contribution in [0.3, 0.4) is 0 Å². The summed E-state index contributed by atoms with van der Waals surface area (Å²) in [5, 5.41) is 17.2. The molecule has 0 aliphatic carbocycles. The Hall–Kier alpha value is -6.33. The summed E-state index contributed by atoms with van der Waals surface area (Å²) >= 11 is 0. The molecule has 0 amide bonds. The van der Waals surface area contributed by atoms with E-state index in [1.54, 1.807) is 12.1 Å². The number of hydrogen-bond acceptors (Lipinski definition) is 10. The largest absolute Gasteiger partial charge is 0.497 e. The normalized spacial score (nSPS) is 12.1. The molecule has 0 heterocycles. The molecule has 5 aromatic carbocycles. The first-order valence-electron chi connectivity index (χ1n) is 15.5. The number of sulfonamides is 2. The molecule has 274 valence electrons. The average Bonchev–Trinajstić information content (AvgIpc) is 3.17. The van der Waals surface area contributed by atoms with E-state index in [-0.39, 0.29) is 43.3 Å². The first-order valence-corrected chi connectivity index (χ1v) is 18.4. The molecule has 0 bridgehead atoms. The van der Waals surface area contributed by atoms with Crippen molar-refractivity contribution >= 4 is 66.2 Å². The number of fused-ring (bicyclic) bond motifs is 1. The first kappa shape index (κ1) is 37.9. The highest BCUT2D eigenvalue weighted by Gasteiger charge is 2.34. The Balaban J connectivity index is 1.87. The van der Waals surface area contributed by atoms with Gasteiger partial charge < -0.3 is 20.4 Å². The highest BCUT2D eigenvalue weighted by Crippen LogP contribution is 2.42. The first-order chi connectivity index (χ1) is 25.3. The Morgan fingerprint density at radius 3 is 1.81 bits per heavy atom. The number of anilines is 2. The molecule has 5 aromatic rings. The maximum absolute atomic E-state index is 14.5. The minimum atomic E-state index is -4.62. The predicted octanol–water partition coefficient (Wildman–Crippen LogP) is 5.94. The monoisotopic (exact) mass is 760 g/mol. The van der Waals surface area contributed by atoms with Gasteiger partial charge in [0.1, 0.15) is 23.9 Å². The highest BCUT2D eigenvalue weighted by molar-refractivity contribution is 7.93. The van der Waals surface area contributed by atoms with Crippen LogP contribution in [0.15, 0.2) is 123 Å². The minimum absolute atomic E-state index is 0.0131. The Kier molecular flexibility index (Phi) is 11.4. The van der Waals surface area contributed by atoms with Crippen molar-refractivity contribution in [1.82, 2.24) is 0 Å². The van der Waals surface area contributed by atoms with Gasteiger partial charge in [-0.2, -0.15) is 5.10 Å². The number of halogens is 1. The molecule has 5 rings (SSSR count). The lowest BCUT2D eigenvalue weighted by atomic mass is 10.00. The zero-order chi connectivity index (χ0) is 38.3. The maximum atomic E-state index is 14.5. The number of carboxylic acid groups (broad SMARTS) is 1. The second kappa shape index (κ2) is 15.9. The molecule has 4 N–H and O–H groups in total. The quantitative estimate of drug-likeness (QED) is 0.0305. The fraction of sp³-hybridized carbons (Fsp3) is 0.111. The van der Waals surface area contributed by atoms with Gasteiger partial charge in [-0.1, -0.05) is 48.6 Å². The summed E-state index contributed by atoms with van der Waals surface area (Å²) in [6, 6.07) is 23.9. The number of nitrogens with zero attached hydrogens (tertiary/aromatic N) is 4. The number of nitrogens with two attached hydrogens (primary N) is 1. The van der Waals surface area contributed by atoms with Gasteiger partial charge in [0, 0.05) is 16.3 Å². The Morgan fingerprint density at radius 1 is 0.792 bits per heavy atom. The van der Waals surface area contributed by atoms with E-state index in [9.17, 15) is 31.1 Å². The molecule has 14 nitrogen and oxygen atoms in total. The minimum Gasteiger partial charge on any atom is -0.497 e. The second-order valence-electron chi connectivity index (χ2n) is 11.2. The second-order valence-corrected chi connectivity index (χ2v) is 14.9. The number of amidine groups is 1. The number of carboxylic acids is 1. The van der Waals surface area contributed by atoms with Crippen LogP contribution < -0.4 is 23.9 Å². The summed E-state index contributed by atoms with van der Waals surface area (Å²) in [5.74, 6) is 3.90. The van der Waals surface area contributed by atoms with Gasteiger partial charge >= 0.3 is 5.97 Å². The van der Waals surface area contributed by atoms with E-state index in [0.29, 0.717) is 17.1 Å². The third-order valence-electron chi connectivity index (χ3n) is 8.00. The summed E-state index contributed by atoms with van der Waals surface area (Å²) < 4.78 is 83.5. The average molecular weight is 761 g/mol. The van der Waals surface area contributed by atoms with Crippen LogP contribution >= 0.6 is 0 Å². The van der Waals surface area contributed by atoms with Gasteiger partial charge in [-0.25, -0.2) is 26.8 Å². The molecule has 0 fully saturated rings. The molecular weight excluding hydrogens is 728 g/mol. The zero-order valence-electron chi connectivity index (χ0n) is 28.2. The van der Waals surface area contributed by atoms with Crippen molar-refractivity contribution in [2.24, 2.45) is 16.1 Å². The van der Waals surface area contributed by atoms with Crippen molar-refractivity contribution < 1.29 is 40.6 Å². The summed E-state index contributed by atoms with van der Waals surface area (Å²) in [5.41, 5.74) is 8.03. The number of methoxy groups -OCH3 is 2. The van der Waals surface area contributed by atoms with Crippen LogP contribution in [0.25, 0.3) is 22.9 Å². The van der Waals surface area contributed by atoms with Crippen molar-refractivity contribution in [2.45, 2.75) is 9.79 Å². The van der Waals surface area contributed by atoms with E-state index in [1.165, 1.54) is 117 Å². The Labute approximate surface area is 304 Å². The summed E-state index contributed by atoms with van der Waals surface area (Å²) in [6.45, 7) is -1.65. The molecule has 0 radical (unpaired) electrons. The van der Waals surface area contributed by atoms with Crippen LogP contribution in [0, 0.1) is 11.3 Å². The van der Waals surface area contributed by atoms with E-state index in [4.69, 9.17) is 20.8 Å². The van der Waals surface area contributed by atoms with E-state index < -0.39 is 44.9 Å². The Bertz CT molecular complexity index is 2420. The summed E-state index contributed by atoms with van der Waals surface area (Å²) in [7, 11) is -6.30. The molecule has 0 aliphatic rings. The molecule has 0 saturated heterocycles. The number of rotatable bonds is 14. The predicted molar refractivity (Wildman–Crippen MR) is 199 cm³/mol. The van der Waals surface area contributed by atoms with Crippen molar-refractivity contribution in [3.8, 4) is 11.5 Å². The molecule has 0 aliphatic heterocycles. The Morgan fingerprint density at radius 2 is 1.32 bits per heavy atom. The smallest absolute Gasteiger partial charge is 0.324 e. The van der Waals surface area contributed by atoms with Crippen LogP contribution in [-0.4, -0.2) is 61.1 Å². The van der Waals surface area contributed by atoms with Gasteiger partial charge in [0.25, 0.3) is 20.0 Å². The lowest BCUT2D eigenvalue weighted by molar-refractivity contribution is -0.135. The van der Waals surface area contributed by atoms with E-state index in [0.717, 1.165) is 8.61 Å². The fourth-order valence-corrected chi connectivity index (χ4v) is 8.31. The van der Waals surface area contributed by atoms with Crippen LogP contribution in [0.2, 0.25) is 0 Å². The standard InChI is InChI=1S/C36H33FN6O8S2/c1-50-27-13-17-29(18-14-27)52(46,47)42(22-34(40-38)41-39)33-21-25(10-7-24-8-11-26(37)12-9-24)36(32-6-4-3-5-31(32)33)43(23-35(44)45)53(48,49)30-19-15-28(51-2)16-20-30/h3-21,38H,22-23,39H2,1-2H3,(H,44,45)/b10-7-,40-38?,41-34?. The van der Waals surface area contributed by atoms with Gasteiger partial charge in [0.05, 0.1) is 41.9 Å². The van der Waals surface area contributed by atoms with Crippen LogP contribution in [0.4, 0.5) is 15.8 Å². The van der Waals surface area contributed by atoms with Crippen molar-refractivity contribution in [3.05, 3.63) is 120 Å². The third-order valence-corrected chi connectivity index (χ3v) is 11.5.